The number of carbonyl (C=O) groups excluding carboxylic acids is 3. The van der Waals surface area contributed by atoms with E-state index in [-0.39, 0.29) is 48.9 Å². The van der Waals surface area contributed by atoms with Crippen molar-refractivity contribution in [2.75, 3.05) is 37.2 Å². The first-order chi connectivity index (χ1) is 23.3. The summed E-state index contributed by atoms with van der Waals surface area (Å²) < 4.78 is 47.2. The molecule has 12 nitrogen and oxygen atoms in total. The molecule has 1 heterocycles. The van der Waals surface area contributed by atoms with Crippen molar-refractivity contribution in [1.82, 2.24) is 16.0 Å². The predicted octanol–water partition coefficient (Wildman–Crippen LogP) is 4.20. The zero-order chi connectivity index (χ0) is 35.3. The van der Waals surface area contributed by atoms with E-state index in [2.05, 4.69) is 16.0 Å². The number of aliphatic carboxylic acids is 1. The van der Waals surface area contributed by atoms with Gasteiger partial charge in [0.25, 0.3) is 11.8 Å². The van der Waals surface area contributed by atoms with Crippen LogP contribution in [0.3, 0.4) is 0 Å². The molecule has 0 saturated heterocycles. The molecule has 0 atom stereocenters. The highest BCUT2D eigenvalue weighted by Crippen LogP contribution is 2.48. The maximum absolute atomic E-state index is 13.7. The number of anilines is 1. The quantitative estimate of drug-likeness (QED) is 0.143. The number of carboxylic acid groups (broad SMARTS) is 1. The molecule has 0 unspecified atom stereocenters. The fraction of sp³-hybridized carbons (Fsp3) is 0.314. The lowest BCUT2D eigenvalue weighted by Crippen LogP contribution is -2.42. The largest absolute Gasteiger partial charge is 0.481 e. The molecule has 5 rings (SSSR count). The van der Waals surface area contributed by atoms with Crippen LogP contribution in [0.15, 0.2) is 65.1 Å². The van der Waals surface area contributed by atoms with Crippen molar-refractivity contribution < 1.29 is 41.5 Å². The number of carbonyl (C=O) groups is 4. The van der Waals surface area contributed by atoms with Crippen molar-refractivity contribution in [3.63, 3.8) is 0 Å². The molecule has 258 valence electrons. The van der Waals surface area contributed by atoms with Crippen LogP contribution in [-0.4, -0.2) is 70.2 Å². The molecular weight excluding hydrogens is 655 g/mol. The van der Waals surface area contributed by atoms with Gasteiger partial charge in [-0.25, -0.2) is 12.8 Å². The number of halogens is 1. The number of amides is 3. The Hall–Kier alpha value is -5.24. The number of hydrogen-bond acceptors (Lipinski definition) is 7. The number of sulfonamides is 1. The van der Waals surface area contributed by atoms with Gasteiger partial charge in [-0.3, -0.25) is 23.5 Å². The molecule has 0 spiro atoms. The van der Waals surface area contributed by atoms with Gasteiger partial charge in [-0.15, -0.1) is 0 Å². The first kappa shape index (κ1) is 35.1. The Morgan fingerprint density at radius 2 is 1.73 bits per heavy atom. The summed E-state index contributed by atoms with van der Waals surface area (Å²) in [5.74, 6) is -2.48. The minimum absolute atomic E-state index is 0.0176. The lowest BCUT2D eigenvalue weighted by atomic mass is 10.0. The van der Waals surface area contributed by atoms with E-state index >= 15 is 0 Å². The van der Waals surface area contributed by atoms with Crippen molar-refractivity contribution in [2.45, 2.75) is 38.0 Å². The summed E-state index contributed by atoms with van der Waals surface area (Å²) in [7, 11) is -2.37. The number of carboxylic acids is 1. The molecule has 0 bridgehead atoms. The summed E-state index contributed by atoms with van der Waals surface area (Å²) in [6, 6.07) is 15.6. The van der Waals surface area contributed by atoms with Crippen LogP contribution >= 0.6 is 0 Å². The van der Waals surface area contributed by atoms with E-state index in [0.29, 0.717) is 35.0 Å². The fourth-order valence-corrected chi connectivity index (χ4v) is 6.58. The molecule has 1 fully saturated rings. The Morgan fingerprint density at radius 1 is 1.00 bits per heavy atom. The number of furan rings is 1. The number of nitrogens with zero attached hydrogens (tertiary/aromatic N) is 1. The molecule has 0 aliphatic heterocycles. The number of aryl methyl sites for hydroxylation is 1. The van der Waals surface area contributed by atoms with Crippen molar-refractivity contribution >= 4 is 50.4 Å². The zero-order valence-electron chi connectivity index (χ0n) is 27.0. The van der Waals surface area contributed by atoms with Gasteiger partial charge in [0, 0.05) is 42.6 Å². The van der Waals surface area contributed by atoms with Gasteiger partial charge in [0.2, 0.25) is 15.9 Å². The molecule has 1 aromatic heterocycles. The SMILES string of the molecule is CNC(=O)c1c(-c2ccc(F)cc2)oc2cc(N(CCNC(=O)CNC(=O)c3cccc(CCCC(=O)O)c3)S(C)(=O)=O)c(C3CC3)cc12. The van der Waals surface area contributed by atoms with E-state index in [1.807, 2.05) is 0 Å². The van der Waals surface area contributed by atoms with Gasteiger partial charge in [-0.05, 0) is 85.2 Å². The Labute approximate surface area is 282 Å². The normalized spacial score (nSPS) is 12.8. The first-order valence-electron chi connectivity index (χ1n) is 15.8. The standard InChI is InChI=1S/C35H37FN4O8S/c1-37-35(45)32-27-18-26(22-9-10-22)28(19-29(27)48-33(32)23-11-13-25(36)14-12-23)40(49(2,46)47)16-15-38-30(41)20-39-34(44)24-7-3-5-21(17-24)6-4-8-31(42)43/h3,5,7,11-14,17-19,22H,4,6,8-10,15-16,20H2,1-2H3,(H,37,45)(H,38,41)(H,39,44)(H,42,43). The molecule has 4 N–H and O–H groups in total. The number of fused-ring (bicyclic) bond motifs is 1. The molecule has 1 aliphatic rings. The first-order valence-corrected chi connectivity index (χ1v) is 17.6. The Morgan fingerprint density at radius 3 is 2.39 bits per heavy atom. The third kappa shape index (κ3) is 8.62. The lowest BCUT2D eigenvalue weighted by Gasteiger charge is -2.25. The van der Waals surface area contributed by atoms with Crippen molar-refractivity contribution in [3.8, 4) is 11.3 Å². The molecular formula is C35H37FN4O8S. The molecule has 3 aromatic carbocycles. The minimum Gasteiger partial charge on any atom is -0.481 e. The highest BCUT2D eigenvalue weighted by molar-refractivity contribution is 7.92. The number of hydrogen-bond donors (Lipinski definition) is 4. The molecule has 49 heavy (non-hydrogen) atoms. The Bertz CT molecular complexity index is 2010. The average molecular weight is 693 g/mol. The maximum atomic E-state index is 13.7. The van der Waals surface area contributed by atoms with E-state index in [9.17, 15) is 32.0 Å². The molecule has 1 aliphatic carbocycles. The summed E-state index contributed by atoms with van der Waals surface area (Å²) in [4.78, 5) is 49.1. The monoisotopic (exact) mass is 692 g/mol. The van der Waals surface area contributed by atoms with Crippen LogP contribution in [0.4, 0.5) is 10.1 Å². The maximum Gasteiger partial charge on any atom is 0.303 e. The van der Waals surface area contributed by atoms with Crippen LogP contribution < -0.4 is 20.3 Å². The number of rotatable bonds is 15. The van der Waals surface area contributed by atoms with Gasteiger partial charge >= 0.3 is 5.97 Å². The van der Waals surface area contributed by atoms with Crippen molar-refractivity contribution in [1.29, 1.82) is 0 Å². The highest BCUT2D eigenvalue weighted by Gasteiger charge is 2.33. The number of benzene rings is 3. The summed E-state index contributed by atoms with van der Waals surface area (Å²) in [6.45, 7) is -0.525. The molecule has 3 amide bonds. The third-order valence-electron chi connectivity index (χ3n) is 8.18. The predicted molar refractivity (Wildman–Crippen MR) is 182 cm³/mol. The topological polar surface area (TPSA) is 175 Å². The molecule has 14 heteroatoms. The van der Waals surface area contributed by atoms with Crippen LogP contribution in [0.25, 0.3) is 22.3 Å². The van der Waals surface area contributed by atoms with Crippen LogP contribution in [0, 0.1) is 5.82 Å². The van der Waals surface area contributed by atoms with Gasteiger partial charge in [0.05, 0.1) is 30.6 Å². The van der Waals surface area contributed by atoms with Gasteiger partial charge in [0.1, 0.15) is 17.2 Å². The van der Waals surface area contributed by atoms with Gasteiger partial charge in [-0.2, -0.15) is 0 Å². The number of nitrogens with one attached hydrogen (secondary N) is 3. The Kier molecular flexibility index (Phi) is 10.7. The third-order valence-corrected chi connectivity index (χ3v) is 9.36. The van der Waals surface area contributed by atoms with Crippen LogP contribution in [0.1, 0.15) is 63.4 Å². The van der Waals surface area contributed by atoms with Crippen molar-refractivity contribution in [2.24, 2.45) is 0 Å². The van der Waals surface area contributed by atoms with Crippen LogP contribution in [-0.2, 0) is 26.0 Å². The van der Waals surface area contributed by atoms with E-state index in [0.717, 1.165) is 30.2 Å². The summed E-state index contributed by atoms with van der Waals surface area (Å²) in [5, 5.41) is 17.2. The lowest BCUT2D eigenvalue weighted by molar-refractivity contribution is -0.137. The van der Waals surface area contributed by atoms with E-state index < -0.39 is 39.5 Å². The van der Waals surface area contributed by atoms with Gasteiger partial charge in [-0.1, -0.05) is 12.1 Å². The smallest absolute Gasteiger partial charge is 0.303 e. The molecule has 0 radical (unpaired) electrons. The zero-order valence-corrected chi connectivity index (χ0v) is 27.9. The van der Waals surface area contributed by atoms with E-state index in [1.165, 1.54) is 35.6 Å². The van der Waals surface area contributed by atoms with Crippen molar-refractivity contribution in [3.05, 3.63) is 88.7 Å². The molecule has 1 saturated carbocycles. The second-order valence-corrected chi connectivity index (χ2v) is 13.8. The second kappa shape index (κ2) is 14.9. The highest BCUT2D eigenvalue weighted by atomic mass is 32.2. The molecule has 4 aromatic rings. The van der Waals surface area contributed by atoms with E-state index in [4.69, 9.17) is 9.52 Å². The van der Waals surface area contributed by atoms with Crippen LogP contribution in [0.5, 0.6) is 0 Å². The van der Waals surface area contributed by atoms with Gasteiger partial charge in [0.15, 0.2) is 0 Å². The summed E-state index contributed by atoms with van der Waals surface area (Å²) in [5.41, 5.74) is 3.21. The summed E-state index contributed by atoms with van der Waals surface area (Å²) in [6.07, 6.45) is 3.66. The fourth-order valence-electron chi connectivity index (χ4n) is 5.64. The Balaban J connectivity index is 1.31. The van der Waals surface area contributed by atoms with E-state index in [1.54, 1.807) is 36.4 Å². The minimum atomic E-state index is -3.85. The van der Waals surface area contributed by atoms with Crippen LogP contribution in [0.2, 0.25) is 0 Å². The summed E-state index contributed by atoms with van der Waals surface area (Å²) >= 11 is 0. The van der Waals surface area contributed by atoms with Gasteiger partial charge < -0.3 is 25.5 Å². The average Bonchev–Trinajstić information content (AvgIpc) is 3.84. The second-order valence-electron chi connectivity index (χ2n) is 11.9.